The second kappa shape index (κ2) is 5.65. The second-order valence-corrected chi connectivity index (χ2v) is 6.95. The lowest BCUT2D eigenvalue weighted by Crippen LogP contribution is -2.39. The van der Waals surface area contributed by atoms with Gasteiger partial charge in [-0.1, -0.05) is 24.3 Å². The summed E-state index contributed by atoms with van der Waals surface area (Å²) >= 11 is 0. The summed E-state index contributed by atoms with van der Waals surface area (Å²) in [6.45, 7) is 1.16. The molecule has 3 aliphatic rings. The molecule has 0 aromatic heterocycles. The van der Waals surface area contributed by atoms with Crippen molar-refractivity contribution >= 4 is 29.2 Å². The number of carbonyl (C=O) groups is 4. The fourth-order valence-electron chi connectivity index (χ4n) is 4.28. The van der Waals surface area contributed by atoms with Gasteiger partial charge in [0.2, 0.25) is 17.7 Å². The molecule has 0 unspecified atom stereocenters. The lowest BCUT2D eigenvalue weighted by atomic mass is 9.85. The predicted octanol–water partition coefficient (Wildman–Crippen LogP) is 1.63. The lowest BCUT2D eigenvalue weighted by Gasteiger charge is -2.17. The van der Waals surface area contributed by atoms with Gasteiger partial charge in [-0.2, -0.15) is 0 Å². The Hall–Kier alpha value is -2.76. The highest BCUT2D eigenvalue weighted by Gasteiger charge is 2.59. The first kappa shape index (κ1) is 15.7. The summed E-state index contributed by atoms with van der Waals surface area (Å²) in [5, 5.41) is 2.66. The van der Waals surface area contributed by atoms with Gasteiger partial charge in [0.25, 0.3) is 0 Å². The van der Waals surface area contributed by atoms with Gasteiger partial charge in [-0.05, 0) is 37.3 Å². The zero-order chi connectivity index (χ0) is 17.7. The van der Waals surface area contributed by atoms with E-state index < -0.39 is 5.91 Å². The van der Waals surface area contributed by atoms with Crippen molar-refractivity contribution in [2.24, 2.45) is 23.7 Å². The molecule has 1 N–H and O–H groups in total. The van der Waals surface area contributed by atoms with Crippen LogP contribution in [0.25, 0.3) is 0 Å². The van der Waals surface area contributed by atoms with Crippen molar-refractivity contribution in [1.29, 1.82) is 0 Å². The lowest BCUT2D eigenvalue weighted by molar-refractivity contribution is -0.143. The minimum absolute atomic E-state index is 0.100. The molecule has 6 nitrogen and oxygen atoms in total. The minimum atomic E-state index is -0.442. The highest BCUT2D eigenvalue weighted by molar-refractivity contribution is 6.09. The number of allylic oxidation sites excluding steroid dienone is 2. The first-order chi connectivity index (χ1) is 12.0. The maximum atomic E-state index is 12.6. The molecule has 4 rings (SSSR count). The standard InChI is InChI=1S/C19H18N2O4/c1-10(22)11-3-2-4-14(8-11)20-15(23)9-21-18(24)16-12-5-6-13(7-12)17(16)19(21)25/h2-6,8,12-13,16-17H,7,9H2,1H3,(H,20,23)/t12-,13-,16-,17+/m1/s1. The van der Waals surface area contributed by atoms with Crippen LogP contribution in [0.1, 0.15) is 23.7 Å². The van der Waals surface area contributed by atoms with Gasteiger partial charge in [-0.15, -0.1) is 0 Å². The van der Waals surface area contributed by atoms with Gasteiger partial charge in [0.15, 0.2) is 5.78 Å². The number of anilines is 1. The molecule has 1 aromatic carbocycles. The smallest absolute Gasteiger partial charge is 0.244 e. The predicted molar refractivity (Wildman–Crippen MR) is 89.5 cm³/mol. The summed E-state index contributed by atoms with van der Waals surface area (Å²) < 4.78 is 0. The SMILES string of the molecule is CC(=O)c1cccc(NC(=O)CN2C(=O)[C@@H]3[C@H](C2=O)[C@@H]2C=C[C@@H]3C2)c1. The van der Waals surface area contributed by atoms with Gasteiger partial charge in [-0.3, -0.25) is 24.1 Å². The van der Waals surface area contributed by atoms with Crippen LogP contribution in [0.2, 0.25) is 0 Å². The summed E-state index contributed by atoms with van der Waals surface area (Å²) in [7, 11) is 0. The number of hydrogen-bond acceptors (Lipinski definition) is 4. The fourth-order valence-corrected chi connectivity index (χ4v) is 4.28. The summed E-state index contributed by atoms with van der Waals surface area (Å²) in [4.78, 5) is 49.9. The molecule has 4 atom stereocenters. The van der Waals surface area contributed by atoms with Crippen molar-refractivity contribution in [1.82, 2.24) is 4.90 Å². The molecule has 1 saturated heterocycles. The van der Waals surface area contributed by atoms with Crippen LogP contribution in [0.5, 0.6) is 0 Å². The Kier molecular flexibility index (Phi) is 3.56. The quantitative estimate of drug-likeness (QED) is 0.514. The number of imide groups is 1. The van der Waals surface area contributed by atoms with Crippen molar-refractivity contribution in [3.63, 3.8) is 0 Å². The Morgan fingerprint density at radius 1 is 1.12 bits per heavy atom. The van der Waals surface area contributed by atoms with Crippen LogP contribution >= 0.6 is 0 Å². The molecule has 1 heterocycles. The third kappa shape index (κ3) is 2.49. The summed E-state index contributed by atoms with van der Waals surface area (Å²) in [6, 6.07) is 6.57. The number of nitrogens with zero attached hydrogens (tertiary/aromatic N) is 1. The molecule has 25 heavy (non-hydrogen) atoms. The van der Waals surface area contributed by atoms with Gasteiger partial charge in [0.05, 0.1) is 11.8 Å². The van der Waals surface area contributed by atoms with Crippen LogP contribution in [0, 0.1) is 23.7 Å². The van der Waals surface area contributed by atoms with Crippen molar-refractivity contribution in [3.05, 3.63) is 42.0 Å². The van der Waals surface area contributed by atoms with E-state index in [1.807, 2.05) is 12.2 Å². The average molecular weight is 338 g/mol. The van der Waals surface area contributed by atoms with Crippen LogP contribution in [0.15, 0.2) is 36.4 Å². The molecule has 0 spiro atoms. The van der Waals surface area contributed by atoms with E-state index in [2.05, 4.69) is 5.32 Å². The summed E-state index contributed by atoms with van der Waals surface area (Å²) in [5.41, 5.74) is 0.960. The van der Waals surface area contributed by atoms with E-state index in [0.717, 1.165) is 11.3 Å². The van der Waals surface area contributed by atoms with Crippen molar-refractivity contribution in [2.45, 2.75) is 13.3 Å². The fraction of sp³-hybridized carbons (Fsp3) is 0.368. The molecule has 128 valence electrons. The van der Waals surface area contributed by atoms with E-state index in [0.29, 0.717) is 11.3 Å². The Bertz CT molecular complexity index is 798. The zero-order valence-corrected chi connectivity index (χ0v) is 13.8. The largest absolute Gasteiger partial charge is 0.325 e. The van der Waals surface area contributed by atoms with E-state index >= 15 is 0 Å². The molecule has 2 fully saturated rings. The van der Waals surface area contributed by atoms with E-state index in [-0.39, 0.29) is 47.8 Å². The van der Waals surface area contributed by atoms with E-state index in [1.165, 1.54) is 6.92 Å². The number of ketones is 1. The molecular formula is C19H18N2O4. The summed E-state index contributed by atoms with van der Waals surface area (Å²) in [6.07, 6.45) is 4.91. The number of likely N-dealkylation sites (tertiary alicyclic amines) is 1. The molecule has 1 aromatic rings. The number of Topliss-reactive ketones (excluding diaryl/α,β-unsaturated/α-hetero) is 1. The van der Waals surface area contributed by atoms with E-state index in [4.69, 9.17) is 0 Å². The monoisotopic (exact) mass is 338 g/mol. The molecule has 6 heteroatoms. The van der Waals surface area contributed by atoms with Crippen molar-refractivity contribution in [3.8, 4) is 0 Å². The third-order valence-corrected chi connectivity index (χ3v) is 5.42. The van der Waals surface area contributed by atoms with Gasteiger partial charge < -0.3 is 5.32 Å². The number of rotatable bonds is 4. The Morgan fingerprint density at radius 3 is 2.36 bits per heavy atom. The molecule has 1 saturated carbocycles. The number of fused-ring (bicyclic) bond motifs is 5. The molecule has 3 amide bonds. The van der Waals surface area contributed by atoms with Gasteiger partial charge in [-0.25, -0.2) is 0 Å². The van der Waals surface area contributed by atoms with E-state index in [1.54, 1.807) is 24.3 Å². The van der Waals surface area contributed by atoms with Crippen molar-refractivity contribution < 1.29 is 19.2 Å². The van der Waals surface area contributed by atoms with Crippen LogP contribution in [0.4, 0.5) is 5.69 Å². The molecular weight excluding hydrogens is 320 g/mol. The normalized spacial score (nSPS) is 29.2. The number of carbonyl (C=O) groups excluding carboxylic acids is 4. The van der Waals surface area contributed by atoms with Crippen LogP contribution in [-0.4, -0.2) is 34.9 Å². The molecule has 2 bridgehead atoms. The van der Waals surface area contributed by atoms with E-state index in [9.17, 15) is 19.2 Å². The Morgan fingerprint density at radius 2 is 1.76 bits per heavy atom. The number of hydrogen-bond donors (Lipinski definition) is 1. The number of amides is 3. The molecule has 0 radical (unpaired) electrons. The highest BCUT2D eigenvalue weighted by atomic mass is 16.2. The van der Waals surface area contributed by atoms with Crippen LogP contribution in [-0.2, 0) is 14.4 Å². The topological polar surface area (TPSA) is 83.6 Å². The molecule has 2 aliphatic carbocycles. The number of nitrogens with one attached hydrogen (secondary N) is 1. The first-order valence-corrected chi connectivity index (χ1v) is 8.40. The Labute approximate surface area is 144 Å². The minimum Gasteiger partial charge on any atom is -0.325 e. The summed E-state index contributed by atoms with van der Waals surface area (Å²) in [5.74, 6) is -1.34. The third-order valence-electron chi connectivity index (χ3n) is 5.42. The van der Waals surface area contributed by atoms with Crippen LogP contribution in [0.3, 0.4) is 0 Å². The Balaban J connectivity index is 1.45. The first-order valence-electron chi connectivity index (χ1n) is 8.40. The maximum absolute atomic E-state index is 12.6. The van der Waals surface area contributed by atoms with Crippen LogP contribution < -0.4 is 5.32 Å². The highest BCUT2D eigenvalue weighted by Crippen LogP contribution is 2.52. The second-order valence-electron chi connectivity index (χ2n) is 6.95. The zero-order valence-electron chi connectivity index (χ0n) is 13.8. The van der Waals surface area contributed by atoms with Gasteiger partial charge in [0, 0.05) is 11.3 Å². The molecule has 1 aliphatic heterocycles. The maximum Gasteiger partial charge on any atom is 0.244 e. The average Bonchev–Trinajstić information content (AvgIpc) is 3.25. The van der Waals surface area contributed by atoms with Gasteiger partial charge >= 0.3 is 0 Å². The number of benzene rings is 1. The van der Waals surface area contributed by atoms with Crippen molar-refractivity contribution in [2.75, 3.05) is 11.9 Å². The van der Waals surface area contributed by atoms with Gasteiger partial charge in [0.1, 0.15) is 6.54 Å².